The molecule has 5 rings (SSSR count). The Labute approximate surface area is 242 Å². The van der Waals surface area contributed by atoms with Crippen molar-refractivity contribution in [2.45, 2.75) is 64.0 Å². The van der Waals surface area contributed by atoms with Crippen molar-refractivity contribution in [2.24, 2.45) is 5.92 Å². The fraction of sp³-hybridized carbons (Fsp3) is 0.353. The number of aromatic carboxylic acids is 1. The highest BCUT2D eigenvalue weighted by molar-refractivity contribution is 5.87. The Morgan fingerprint density at radius 2 is 1.61 bits per heavy atom. The van der Waals surface area contributed by atoms with Crippen molar-refractivity contribution in [3.05, 3.63) is 102 Å². The Morgan fingerprint density at radius 3 is 2.29 bits per heavy atom. The molecule has 2 aliphatic rings. The normalized spacial score (nSPS) is 20.3. The molecule has 1 amide bonds. The molecule has 41 heavy (non-hydrogen) atoms. The summed E-state index contributed by atoms with van der Waals surface area (Å²) in [6.45, 7) is 2.51. The highest BCUT2D eigenvalue weighted by Crippen LogP contribution is 2.40. The molecule has 3 aromatic rings. The molecule has 3 N–H and O–H groups in total. The summed E-state index contributed by atoms with van der Waals surface area (Å²) in [5.41, 5.74) is 3.19. The van der Waals surface area contributed by atoms with Crippen LogP contribution in [0.25, 0.3) is 0 Å². The van der Waals surface area contributed by atoms with Crippen molar-refractivity contribution in [1.82, 2.24) is 4.90 Å². The number of para-hydroxylation sites is 1. The van der Waals surface area contributed by atoms with Gasteiger partial charge >= 0.3 is 5.97 Å². The molecule has 0 spiro atoms. The molecule has 214 valence electrons. The quantitative estimate of drug-likeness (QED) is 0.238. The lowest BCUT2D eigenvalue weighted by atomic mass is 9.84. The van der Waals surface area contributed by atoms with Gasteiger partial charge in [0.25, 0.3) is 0 Å². The topological polar surface area (TPSA) is 90.9 Å². The van der Waals surface area contributed by atoms with Gasteiger partial charge < -0.3 is 25.4 Å². The highest BCUT2D eigenvalue weighted by atomic mass is 16.5. The molecule has 1 aliphatic carbocycles. The zero-order valence-corrected chi connectivity index (χ0v) is 23.6. The minimum atomic E-state index is -0.960. The van der Waals surface area contributed by atoms with Gasteiger partial charge in [0.1, 0.15) is 18.2 Å². The number of amides is 1. The maximum Gasteiger partial charge on any atom is 0.335 e. The predicted molar refractivity (Wildman–Crippen MR) is 162 cm³/mol. The van der Waals surface area contributed by atoms with Gasteiger partial charge in [0, 0.05) is 17.4 Å². The van der Waals surface area contributed by atoms with E-state index < -0.39 is 5.97 Å². The van der Waals surface area contributed by atoms with Crippen LogP contribution in [0, 0.1) is 5.92 Å². The summed E-state index contributed by atoms with van der Waals surface area (Å²) < 4.78 is 6.07. The fourth-order valence-electron chi connectivity index (χ4n) is 6.13. The van der Waals surface area contributed by atoms with Gasteiger partial charge in [-0.3, -0.25) is 4.79 Å². The second-order valence-electron chi connectivity index (χ2n) is 11.0. The lowest BCUT2D eigenvalue weighted by Crippen LogP contribution is -2.46. The monoisotopic (exact) mass is 553 g/mol. The van der Waals surface area contributed by atoms with Gasteiger partial charge in [0.15, 0.2) is 0 Å². The molecule has 7 nitrogen and oxygen atoms in total. The summed E-state index contributed by atoms with van der Waals surface area (Å²) >= 11 is 0. The number of benzene rings is 3. The average molecular weight is 554 g/mol. The number of fused-ring (bicyclic) bond motifs is 1. The summed E-state index contributed by atoms with van der Waals surface area (Å²) in [5.74, 6) is 1.25. The number of carbonyl (C=O) groups is 2. The van der Waals surface area contributed by atoms with E-state index in [9.17, 15) is 9.59 Å². The van der Waals surface area contributed by atoms with Gasteiger partial charge in [-0.1, -0.05) is 50.1 Å². The van der Waals surface area contributed by atoms with Gasteiger partial charge in [-0.25, -0.2) is 4.79 Å². The van der Waals surface area contributed by atoms with Crippen LogP contribution in [0.1, 0.15) is 61.4 Å². The first-order chi connectivity index (χ1) is 20.0. The minimum Gasteiger partial charge on any atom is -0.491 e. The summed E-state index contributed by atoms with van der Waals surface area (Å²) in [6, 6.07) is 24.9. The van der Waals surface area contributed by atoms with Gasteiger partial charge in [-0.05, 0) is 91.8 Å². The highest BCUT2D eigenvalue weighted by Gasteiger charge is 2.44. The largest absolute Gasteiger partial charge is 0.491 e. The Hall–Kier alpha value is -4.26. The molecule has 0 bridgehead atoms. The molecule has 0 radical (unpaired) electrons. The molecule has 1 heterocycles. The minimum absolute atomic E-state index is 0.0153. The number of likely N-dealkylation sites (tertiary alicyclic amines) is 1. The van der Waals surface area contributed by atoms with Crippen molar-refractivity contribution in [2.75, 3.05) is 17.2 Å². The van der Waals surface area contributed by atoms with Crippen molar-refractivity contribution in [3.63, 3.8) is 0 Å². The lowest BCUT2D eigenvalue weighted by molar-refractivity contribution is -0.134. The number of rotatable bonds is 11. The molecule has 3 unspecified atom stereocenters. The predicted octanol–water partition coefficient (Wildman–Crippen LogP) is 6.94. The van der Waals surface area contributed by atoms with E-state index in [1.165, 1.54) is 6.42 Å². The fourth-order valence-corrected chi connectivity index (χ4v) is 6.13. The Kier molecular flexibility index (Phi) is 9.24. The molecular weight excluding hydrogens is 514 g/mol. The standard InChI is InChI=1S/C34H39N3O4/c1-2-8-32(35-27-10-4-3-5-11-27)36-28-17-13-24(14-18-28)21-33(38)37-29(22-26-9-6-7-12-31(26)37)23-41-30-19-15-25(16-20-30)34(39)40/h3-5,8,10-11,13-20,26,29,31,35-36H,2,6-7,9,12,21-23H2,1H3,(H,39,40)/b32-8+. The van der Waals surface area contributed by atoms with Crippen molar-refractivity contribution in [1.29, 1.82) is 0 Å². The first kappa shape index (κ1) is 28.3. The third-order valence-electron chi connectivity index (χ3n) is 8.08. The number of anilines is 2. The summed E-state index contributed by atoms with van der Waals surface area (Å²) in [4.78, 5) is 27.0. The lowest BCUT2D eigenvalue weighted by Gasteiger charge is -2.34. The van der Waals surface area contributed by atoms with E-state index in [1.54, 1.807) is 24.3 Å². The number of carboxylic acids is 1. The van der Waals surface area contributed by atoms with Gasteiger partial charge in [-0.2, -0.15) is 0 Å². The van der Waals surface area contributed by atoms with Crippen LogP contribution in [0.3, 0.4) is 0 Å². The molecule has 1 saturated heterocycles. The van der Waals surface area contributed by atoms with Crippen LogP contribution in [0.2, 0.25) is 0 Å². The van der Waals surface area contributed by atoms with Gasteiger partial charge in [0.05, 0.1) is 18.0 Å². The maximum absolute atomic E-state index is 13.7. The van der Waals surface area contributed by atoms with Crippen LogP contribution in [0.4, 0.5) is 11.4 Å². The van der Waals surface area contributed by atoms with E-state index in [2.05, 4.69) is 28.5 Å². The van der Waals surface area contributed by atoms with E-state index in [0.29, 0.717) is 24.7 Å². The second-order valence-corrected chi connectivity index (χ2v) is 11.0. The number of allylic oxidation sites excluding steroid dienone is 1. The average Bonchev–Trinajstić information content (AvgIpc) is 3.36. The van der Waals surface area contributed by atoms with Crippen LogP contribution in [0.15, 0.2) is 90.8 Å². The SMILES string of the molecule is CC/C=C(\Nc1ccccc1)Nc1ccc(CC(=O)N2C(COc3ccc(C(=O)O)cc3)CC3CCCCC32)cc1. The van der Waals surface area contributed by atoms with Crippen molar-refractivity contribution in [3.8, 4) is 5.75 Å². The van der Waals surface area contributed by atoms with Crippen LogP contribution in [-0.4, -0.2) is 40.6 Å². The zero-order chi connectivity index (χ0) is 28.6. The summed E-state index contributed by atoms with van der Waals surface area (Å²) in [7, 11) is 0. The van der Waals surface area contributed by atoms with E-state index in [1.807, 2.05) is 54.6 Å². The second kappa shape index (κ2) is 13.4. The molecule has 2 fully saturated rings. The first-order valence-electron chi connectivity index (χ1n) is 14.7. The Balaban J connectivity index is 1.22. The Morgan fingerprint density at radius 1 is 0.927 bits per heavy atom. The Bertz CT molecular complexity index is 1340. The summed E-state index contributed by atoms with van der Waals surface area (Å²) in [5, 5.41) is 16.0. The smallest absolute Gasteiger partial charge is 0.335 e. The van der Waals surface area contributed by atoms with Crippen molar-refractivity contribution >= 4 is 23.3 Å². The van der Waals surface area contributed by atoms with Gasteiger partial charge in [-0.15, -0.1) is 0 Å². The number of hydrogen-bond donors (Lipinski definition) is 3. The van der Waals surface area contributed by atoms with E-state index in [4.69, 9.17) is 9.84 Å². The molecule has 3 atom stereocenters. The molecule has 7 heteroatoms. The number of ether oxygens (including phenoxy) is 1. The van der Waals surface area contributed by atoms with Crippen LogP contribution >= 0.6 is 0 Å². The van der Waals surface area contributed by atoms with E-state index in [-0.39, 0.29) is 23.6 Å². The molecule has 1 saturated carbocycles. The molecule has 3 aromatic carbocycles. The van der Waals surface area contributed by atoms with Crippen molar-refractivity contribution < 1.29 is 19.4 Å². The number of carbonyl (C=O) groups excluding carboxylic acids is 1. The number of carboxylic acid groups (broad SMARTS) is 1. The van der Waals surface area contributed by atoms with E-state index in [0.717, 1.165) is 54.9 Å². The summed E-state index contributed by atoms with van der Waals surface area (Å²) in [6.07, 6.45) is 8.88. The number of nitrogens with zero attached hydrogens (tertiary/aromatic N) is 1. The third kappa shape index (κ3) is 7.28. The molecule has 0 aromatic heterocycles. The van der Waals surface area contributed by atoms with Crippen LogP contribution in [-0.2, 0) is 11.2 Å². The van der Waals surface area contributed by atoms with Gasteiger partial charge in [0.2, 0.25) is 5.91 Å². The zero-order valence-electron chi connectivity index (χ0n) is 23.6. The van der Waals surface area contributed by atoms with E-state index >= 15 is 0 Å². The van der Waals surface area contributed by atoms with Crippen LogP contribution < -0.4 is 15.4 Å². The number of nitrogens with one attached hydrogen (secondary N) is 2. The number of hydrogen-bond acceptors (Lipinski definition) is 5. The third-order valence-corrected chi connectivity index (χ3v) is 8.08. The maximum atomic E-state index is 13.7. The molecule has 1 aliphatic heterocycles. The van der Waals surface area contributed by atoms with Crippen LogP contribution in [0.5, 0.6) is 5.75 Å². The first-order valence-corrected chi connectivity index (χ1v) is 14.7. The molecular formula is C34H39N3O4.